The van der Waals surface area contributed by atoms with Crippen molar-refractivity contribution in [2.24, 2.45) is 0 Å². The summed E-state index contributed by atoms with van der Waals surface area (Å²) in [5.41, 5.74) is 0. The minimum Gasteiger partial charge on any atom is -0.394 e. The van der Waals surface area contributed by atoms with E-state index in [0.717, 1.165) is 0 Å². The van der Waals surface area contributed by atoms with Gasteiger partial charge in [-0.25, -0.2) is 0 Å². The van der Waals surface area contributed by atoms with Crippen molar-refractivity contribution in [3.8, 4) is 0 Å². The third-order valence-corrected chi connectivity index (χ3v) is 4.41. The van der Waals surface area contributed by atoms with Gasteiger partial charge in [-0.2, -0.15) is 0 Å². The van der Waals surface area contributed by atoms with Gasteiger partial charge in [0.1, 0.15) is 30.5 Å². The fourth-order valence-corrected chi connectivity index (χ4v) is 2.97. The lowest BCUT2D eigenvalue weighted by molar-refractivity contribution is -0.350. The molecule has 2 fully saturated rings. The van der Waals surface area contributed by atoms with Crippen LogP contribution in [0.5, 0.6) is 0 Å². The van der Waals surface area contributed by atoms with E-state index in [2.05, 4.69) is 0 Å². The van der Waals surface area contributed by atoms with Gasteiger partial charge >= 0.3 is 0 Å². The third kappa shape index (κ3) is 4.86. The Hall–Kier alpha value is -0.400. The second-order valence-corrected chi connectivity index (χ2v) is 6.19. The number of aliphatic hydroxyl groups excluding tert-OH is 5. The minimum absolute atomic E-state index is 0.0482. The summed E-state index contributed by atoms with van der Waals surface area (Å²) in [5, 5.41) is 48.7. The molecular weight excluding hydrogens is 340 g/mol. The Labute approximate surface area is 145 Å². The zero-order valence-electron chi connectivity index (χ0n) is 14.3. The van der Waals surface area contributed by atoms with Crippen LogP contribution < -0.4 is 0 Å². The molecule has 0 amide bonds. The van der Waals surface area contributed by atoms with Gasteiger partial charge in [0.05, 0.1) is 32.0 Å². The number of hydrogen-bond acceptors (Lipinski definition) is 10. The van der Waals surface area contributed by atoms with Gasteiger partial charge in [-0.1, -0.05) is 0 Å². The molecule has 148 valence electrons. The normalized spacial score (nSPS) is 45.5. The molecule has 0 aromatic heterocycles. The van der Waals surface area contributed by atoms with Crippen LogP contribution in [0.2, 0.25) is 0 Å². The average Bonchev–Trinajstić information content (AvgIpc) is 2.59. The van der Waals surface area contributed by atoms with Gasteiger partial charge in [0.2, 0.25) is 0 Å². The van der Waals surface area contributed by atoms with Crippen LogP contribution in [0.15, 0.2) is 0 Å². The molecule has 0 unspecified atom stereocenters. The highest BCUT2D eigenvalue weighted by atomic mass is 16.7. The molecule has 2 saturated heterocycles. The standard InChI is InChI=1S/C15H28O10/c1-7-8(18)5-9(19)14(23-7)25-12-11(20)10(6-17)24-15(21-2)13(12)22-4-3-16/h7-20H,3-6H2,1-2H3/t7-,8-,9-,10-,11-,12+,13+,14-,15+/m1/s1. The van der Waals surface area contributed by atoms with E-state index < -0.39 is 61.9 Å². The number of ether oxygens (including phenoxy) is 5. The molecule has 10 nitrogen and oxygen atoms in total. The molecule has 0 aromatic carbocycles. The maximum Gasteiger partial charge on any atom is 0.186 e. The van der Waals surface area contributed by atoms with Crippen molar-refractivity contribution in [3.63, 3.8) is 0 Å². The molecule has 2 aliphatic heterocycles. The molecular formula is C15H28O10. The van der Waals surface area contributed by atoms with Gasteiger partial charge in [-0.3, -0.25) is 0 Å². The summed E-state index contributed by atoms with van der Waals surface area (Å²) in [6, 6.07) is 0. The lowest BCUT2D eigenvalue weighted by atomic mass is 9.98. The lowest BCUT2D eigenvalue weighted by Crippen LogP contribution is -2.63. The fraction of sp³-hybridized carbons (Fsp3) is 1.00. The van der Waals surface area contributed by atoms with E-state index in [9.17, 15) is 20.4 Å². The van der Waals surface area contributed by atoms with Crippen molar-refractivity contribution >= 4 is 0 Å². The highest BCUT2D eigenvalue weighted by Gasteiger charge is 2.49. The minimum atomic E-state index is -1.28. The van der Waals surface area contributed by atoms with Gasteiger partial charge in [-0.05, 0) is 6.92 Å². The Kier molecular flexibility index (Phi) is 7.95. The van der Waals surface area contributed by atoms with Gasteiger partial charge in [0, 0.05) is 13.5 Å². The van der Waals surface area contributed by atoms with E-state index in [1.807, 2.05) is 0 Å². The van der Waals surface area contributed by atoms with Crippen LogP contribution in [-0.4, -0.2) is 108 Å². The van der Waals surface area contributed by atoms with Crippen LogP contribution >= 0.6 is 0 Å². The molecule has 0 radical (unpaired) electrons. The molecule has 0 bridgehead atoms. The summed E-state index contributed by atoms with van der Waals surface area (Å²) in [5.74, 6) is 0. The maximum atomic E-state index is 10.5. The number of aliphatic hydroxyl groups is 5. The van der Waals surface area contributed by atoms with Crippen LogP contribution in [0.1, 0.15) is 13.3 Å². The lowest BCUT2D eigenvalue weighted by Gasteiger charge is -2.45. The number of methoxy groups -OCH3 is 1. The number of rotatable bonds is 7. The van der Waals surface area contributed by atoms with E-state index >= 15 is 0 Å². The monoisotopic (exact) mass is 368 g/mol. The van der Waals surface area contributed by atoms with Crippen molar-refractivity contribution < 1.29 is 49.2 Å². The third-order valence-electron chi connectivity index (χ3n) is 4.41. The molecule has 0 spiro atoms. The van der Waals surface area contributed by atoms with Crippen LogP contribution in [-0.2, 0) is 23.7 Å². The van der Waals surface area contributed by atoms with Crippen molar-refractivity contribution in [2.45, 2.75) is 68.7 Å². The van der Waals surface area contributed by atoms with E-state index in [1.54, 1.807) is 6.92 Å². The highest BCUT2D eigenvalue weighted by Crippen LogP contribution is 2.30. The highest BCUT2D eigenvalue weighted by molar-refractivity contribution is 4.92. The molecule has 10 heteroatoms. The Balaban J connectivity index is 2.15. The summed E-state index contributed by atoms with van der Waals surface area (Å²) < 4.78 is 27.3. The molecule has 25 heavy (non-hydrogen) atoms. The van der Waals surface area contributed by atoms with E-state index in [1.165, 1.54) is 7.11 Å². The quantitative estimate of drug-likeness (QED) is 0.322. The first kappa shape index (κ1) is 20.9. The Morgan fingerprint density at radius 3 is 2.32 bits per heavy atom. The first-order valence-corrected chi connectivity index (χ1v) is 8.29. The predicted molar refractivity (Wildman–Crippen MR) is 81.4 cm³/mol. The molecule has 9 atom stereocenters. The van der Waals surface area contributed by atoms with E-state index in [0.29, 0.717) is 0 Å². The van der Waals surface area contributed by atoms with Gasteiger partial charge in [-0.15, -0.1) is 0 Å². The zero-order valence-corrected chi connectivity index (χ0v) is 14.3. The largest absolute Gasteiger partial charge is 0.394 e. The number of hydrogen-bond donors (Lipinski definition) is 5. The second-order valence-electron chi connectivity index (χ2n) is 6.19. The Bertz CT molecular complexity index is 397. The molecule has 0 aliphatic carbocycles. The summed E-state index contributed by atoms with van der Waals surface area (Å²) in [4.78, 5) is 0. The second kappa shape index (κ2) is 9.51. The van der Waals surface area contributed by atoms with Crippen LogP contribution in [0.4, 0.5) is 0 Å². The van der Waals surface area contributed by atoms with Crippen molar-refractivity contribution in [3.05, 3.63) is 0 Å². The van der Waals surface area contributed by atoms with Crippen LogP contribution in [0, 0.1) is 0 Å². The smallest absolute Gasteiger partial charge is 0.186 e. The van der Waals surface area contributed by atoms with E-state index in [4.69, 9.17) is 28.8 Å². The van der Waals surface area contributed by atoms with E-state index in [-0.39, 0.29) is 19.6 Å². The maximum absolute atomic E-state index is 10.5. The van der Waals surface area contributed by atoms with Crippen molar-refractivity contribution in [1.29, 1.82) is 0 Å². The van der Waals surface area contributed by atoms with Gasteiger partial charge < -0.3 is 49.2 Å². The summed E-state index contributed by atoms with van der Waals surface area (Å²) in [6.45, 7) is 0.858. The first-order chi connectivity index (χ1) is 11.9. The summed E-state index contributed by atoms with van der Waals surface area (Å²) in [7, 11) is 1.37. The zero-order chi connectivity index (χ0) is 18.6. The molecule has 2 aliphatic rings. The summed E-state index contributed by atoms with van der Waals surface area (Å²) >= 11 is 0. The van der Waals surface area contributed by atoms with Crippen molar-refractivity contribution in [2.75, 3.05) is 26.9 Å². The van der Waals surface area contributed by atoms with Crippen LogP contribution in [0.25, 0.3) is 0 Å². The van der Waals surface area contributed by atoms with Gasteiger partial charge in [0.25, 0.3) is 0 Å². The van der Waals surface area contributed by atoms with Crippen molar-refractivity contribution in [1.82, 2.24) is 0 Å². The summed E-state index contributed by atoms with van der Waals surface area (Å²) in [6.07, 6.45) is -8.72. The first-order valence-electron chi connectivity index (χ1n) is 8.29. The molecule has 2 heterocycles. The molecule has 2 rings (SSSR count). The topological polar surface area (TPSA) is 147 Å². The fourth-order valence-electron chi connectivity index (χ4n) is 2.97. The Morgan fingerprint density at radius 2 is 1.72 bits per heavy atom. The molecule has 0 aromatic rings. The van der Waals surface area contributed by atoms with Crippen LogP contribution in [0.3, 0.4) is 0 Å². The SMILES string of the molecule is CO[C@H]1O[C@H](CO)[C@@H](O)[C@H](O[C@H]2O[C@H](C)[C@H](O)C[C@H]2O)[C@@H]1OCCO. The average molecular weight is 368 g/mol. The molecule has 5 N–H and O–H groups in total. The predicted octanol–water partition coefficient (Wildman–Crippen LogP) is -2.67. The Morgan fingerprint density at radius 1 is 1.00 bits per heavy atom. The van der Waals surface area contributed by atoms with Gasteiger partial charge in [0.15, 0.2) is 12.6 Å². The molecule has 0 saturated carbocycles.